The molecule has 88 valence electrons. The van der Waals surface area contributed by atoms with E-state index in [4.69, 9.17) is 15.7 Å². The summed E-state index contributed by atoms with van der Waals surface area (Å²) in [7, 11) is 0. The van der Waals surface area contributed by atoms with Crippen LogP contribution in [-0.4, -0.2) is 16.6 Å². The molecule has 0 bridgehead atoms. The van der Waals surface area contributed by atoms with E-state index in [-0.39, 0.29) is 11.4 Å². The highest BCUT2D eigenvalue weighted by molar-refractivity contribution is 5.98. The average molecular weight is 222 g/mol. The number of ether oxygens (including phenoxy) is 1. The zero-order chi connectivity index (χ0) is 12.3. The van der Waals surface area contributed by atoms with Crippen LogP contribution in [0.2, 0.25) is 0 Å². The molecule has 0 saturated heterocycles. The van der Waals surface area contributed by atoms with Crippen molar-refractivity contribution >= 4 is 5.84 Å². The fraction of sp³-hybridized carbons (Fsp3) is 0.417. The molecule has 16 heavy (non-hydrogen) atoms. The van der Waals surface area contributed by atoms with Crippen molar-refractivity contribution in [2.45, 2.75) is 33.3 Å². The summed E-state index contributed by atoms with van der Waals surface area (Å²) in [6, 6.07) is 5.47. The molecular weight excluding hydrogens is 204 g/mol. The number of nitrogens with two attached hydrogens (primary N) is 1. The summed E-state index contributed by atoms with van der Waals surface area (Å²) in [5.41, 5.74) is 6.93. The summed E-state index contributed by atoms with van der Waals surface area (Å²) in [5, 5.41) is 11.6. The fourth-order valence-electron chi connectivity index (χ4n) is 1.39. The van der Waals surface area contributed by atoms with Gasteiger partial charge in [0.25, 0.3) is 0 Å². The number of hydrogen-bond acceptors (Lipinski definition) is 3. The van der Waals surface area contributed by atoms with Gasteiger partial charge in [-0.25, -0.2) is 0 Å². The third-order valence-corrected chi connectivity index (χ3v) is 2.01. The van der Waals surface area contributed by atoms with Crippen LogP contribution in [0.15, 0.2) is 23.4 Å². The van der Waals surface area contributed by atoms with Crippen LogP contribution in [0.1, 0.15) is 31.9 Å². The molecule has 0 radical (unpaired) electrons. The minimum Gasteiger partial charge on any atom is -0.488 e. The number of amidine groups is 1. The van der Waals surface area contributed by atoms with Crippen LogP contribution < -0.4 is 10.5 Å². The van der Waals surface area contributed by atoms with E-state index in [1.165, 1.54) is 0 Å². The van der Waals surface area contributed by atoms with Gasteiger partial charge < -0.3 is 15.7 Å². The van der Waals surface area contributed by atoms with Crippen molar-refractivity contribution < 1.29 is 9.94 Å². The summed E-state index contributed by atoms with van der Waals surface area (Å²) in [6.07, 6.45) is 0. The van der Waals surface area contributed by atoms with Gasteiger partial charge in [-0.3, -0.25) is 0 Å². The quantitative estimate of drug-likeness (QED) is 0.349. The minimum atomic E-state index is -0.232. The lowest BCUT2D eigenvalue weighted by molar-refractivity contribution is 0.131. The molecule has 0 heterocycles. The zero-order valence-corrected chi connectivity index (χ0v) is 10.1. The van der Waals surface area contributed by atoms with Crippen molar-refractivity contribution in [3.05, 3.63) is 29.3 Å². The molecule has 1 aromatic rings. The molecule has 1 rings (SSSR count). The molecule has 0 aromatic heterocycles. The molecule has 0 aliphatic carbocycles. The van der Waals surface area contributed by atoms with Crippen LogP contribution in [0.25, 0.3) is 0 Å². The van der Waals surface area contributed by atoms with E-state index in [9.17, 15) is 0 Å². The molecule has 1 aromatic carbocycles. The van der Waals surface area contributed by atoms with Gasteiger partial charge in [-0.2, -0.15) is 0 Å². The number of oxime groups is 1. The molecular formula is C12H18N2O2. The first-order valence-corrected chi connectivity index (χ1v) is 5.11. The Morgan fingerprint density at radius 1 is 1.38 bits per heavy atom. The Morgan fingerprint density at radius 3 is 2.44 bits per heavy atom. The molecule has 0 fully saturated rings. The van der Waals surface area contributed by atoms with Crippen molar-refractivity contribution in [1.82, 2.24) is 0 Å². The molecule has 4 heteroatoms. The second-order valence-corrected chi connectivity index (χ2v) is 4.68. The average Bonchev–Trinajstić information content (AvgIpc) is 2.14. The first-order valence-electron chi connectivity index (χ1n) is 5.11. The lowest BCUT2D eigenvalue weighted by Gasteiger charge is -2.21. The summed E-state index contributed by atoms with van der Waals surface area (Å²) in [6.45, 7) is 7.85. The number of aryl methyl sites for hydroxylation is 1. The van der Waals surface area contributed by atoms with Gasteiger partial charge in [0.1, 0.15) is 11.4 Å². The molecule has 0 saturated carbocycles. The minimum absolute atomic E-state index is 0.111. The first-order chi connectivity index (χ1) is 7.33. The molecule has 0 aliphatic rings. The van der Waals surface area contributed by atoms with Crippen molar-refractivity contribution in [3.8, 4) is 5.75 Å². The van der Waals surface area contributed by atoms with Gasteiger partial charge in [-0.15, -0.1) is 0 Å². The lowest BCUT2D eigenvalue weighted by Crippen LogP contribution is -2.23. The van der Waals surface area contributed by atoms with Gasteiger partial charge in [0.05, 0.1) is 0 Å². The van der Waals surface area contributed by atoms with Crippen molar-refractivity contribution in [2.75, 3.05) is 0 Å². The Kier molecular flexibility index (Phi) is 3.42. The number of hydrogen-bond donors (Lipinski definition) is 2. The normalized spacial score (nSPS) is 12.6. The Morgan fingerprint density at radius 2 is 2.00 bits per heavy atom. The van der Waals surface area contributed by atoms with E-state index >= 15 is 0 Å². The summed E-state index contributed by atoms with van der Waals surface area (Å²) in [4.78, 5) is 0. The van der Waals surface area contributed by atoms with E-state index in [0.29, 0.717) is 5.56 Å². The van der Waals surface area contributed by atoms with Crippen LogP contribution in [-0.2, 0) is 0 Å². The topological polar surface area (TPSA) is 67.8 Å². The monoisotopic (exact) mass is 222 g/mol. The summed E-state index contributed by atoms with van der Waals surface area (Å²) in [5.74, 6) is 0.888. The first kappa shape index (κ1) is 12.4. The number of rotatable bonds is 2. The SMILES string of the molecule is Cc1cc(OC(C)(C)C)ccc1/C(N)=N/O. The van der Waals surface area contributed by atoms with Gasteiger partial charge in [-0.1, -0.05) is 5.16 Å². The van der Waals surface area contributed by atoms with E-state index < -0.39 is 0 Å². The van der Waals surface area contributed by atoms with Gasteiger partial charge in [-0.05, 0) is 51.5 Å². The largest absolute Gasteiger partial charge is 0.488 e. The van der Waals surface area contributed by atoms with E-state index in [0.717, 1.165) is 11.3 Å². The third-order valence-electron chi connectivity index (χ3n) is 2.01. The second-order valence-electron chi connectivity index (χ2n) is 4.68. The molecule has 0 spiro atoms. The summed E-state index contributed by atoms with van der Waals surface area (Å²) < 4.78 is 5.71. The van der Waals surface area contributed by atoms with Crippen LogP contribution >= 0.6 is 0 Å². The molecule has 0 unspecified atom stereocenters. The van der Waals surface area contributed by atoms with Gasteiger partial charge in [0.15, 0.2) is 5.84 Å². The van der Waals surface area contributed by atoms with Crippen LogP contribution in [0.3, 0.4) is 0 Å². The van der Waals surface area contributed by atoms with E-state index in [1.54, 1.807) is 6.07 Å². The summed E-state index contributed by atoms with van der Waals surface area (Å²) >= 11 is 0. The van der Waals surface area contributed by atoms with Crippen molar-refractivity contribution in [2.24, 2.45) is 10.9 Å². The third kappa shape index (κ3) is 3.15. The van der Waals surface area contributed by atoms with Gasteiger partial charge in [0, 0.05) is 5.56 Å². The highest BCUT2D eigenvalue weighted by atomic mass is 16.5. The van der Waals surface area contributed by atoms with Crippen molar-refractivity contribution in [3.63, 3.8) is 0 Å². The van der Waals surface area contributed by atoms with Crippen LogP contribution in [0.4, 0.5) is 0 Å². The Hall–Kier alpha value is -1.71. The van der Waals surface area contributed by atoms with E-state index in [1.807, 2.05) is 39.8 Å². The number of nitrogens with zero attached hydrogens (tertiary/aromatic N) is 1. The molecule has 0 aliphatic heterocycles. The number of benzene rings is 1. The molecule has 0 amide bonds. The molecule has 4 nitrogen and oxygen atoms in total. The van der Waals surface area contributed by atoms with Gasteiger partial charge >= 0.3 is 0 Å². The van der Waals surface area contributed by atoms with Gasteiger partial charge in [0.2, 0.25) is 0 Å². The van der Waals surface area contributed by atoms with Crippen molar-refractivity contribution in [1.29, 1.82) is 0 Å². The zero-order valence-electron chi connectivity index (χ0n) is 10.1. The maximum atomic E-state index is 8.60. The Labute approximate surface area is 95.7 Å². The maximum Gasteiger partial charge on any atom is 0.170 e. The Balaban J connectivity index is 3.00. The Bertz CT molecular complexity index is 406. The van der Waals surface area contributed by atoms with Crippen LogP contribution in [0, 0.1) is 6.92 Å². The predicted molar refractivity (Wildman–Crippen MR) is 64.1 cm³/mol. The smallest absolute Gasteiger partial charge is 0.170 e. The fourth-order valence-corrected chi connectivity index (χ4v) is 1.39. The highest BCUT2D eigenvalue weighted by Gasteiger charge is 2.13. The predicted octanol–water partition coefficient (Wildman–Crippen LogP) is 2.27. The van der Waals surface area contributed by atoms with Crippen LogP contribution in [0.5, 0.6) is 5.75 Å². The highest BCUT2D eigenvalue weighted by Crippen LogP contribution is 2.21. The molecule has 3 N–H and O–H groups in total. The standard InChI is InChI=1S/C12H18N2O2/c1-8-7-9(16-12(2,3)4)5-6-10(8)11(13)14-15/h5-7,15H,1-4H3,(H2,13,14). The second kappa shape index (κ2) is 4.43. The lowest BCUT2D eigenvalue weighted by atomic mass is 10.1. The van der Waals surface area contributed by atoms with E-state index in [2.05, 4.69) is 5.16 Å². The maximum absolute atomic E-state index is 8.60. The molecule has 0 atom stereocenters.